The predicted molar refractivity (Wildman–Crippen MR) is 50.3 cm³/mol. The summed E-state index contributed by atoms with van der Waals surface area (Å²) in [5.41, 5.74) is -0.585. The van der Waals surface area contributed by atoms with Gasteiger partial charge < -0.3 is 0 Å². The Morgan fingerprint density at radius 3 is 2.47 bits per heavy atom. The van der Waals surface area contributed by atoms with Crippen molar-refractivity contribution in [1.82, 2.24) is 4.98 Å². The van der Waals surface area contributed by atoms with Gasteiger partial charge in [0.15, 0.2) is 5.03 Å². The average molecular weight is 257 g/mol. The molecule has 8 heteroatoms. The second kappa shape index (κ2) is 3.99. The van der Waals surface area contributed by atoms with Gasteiger partial charge in [-0.3, -0.25) is 0 Å². The molecule has 0 aliphatic heterocycles. The van der Waals surface area contributed by atoms with Crippen LogP contribution in [-0.4, -0.2) is 13.4 Å². The van der Waals surface area contributed by atoms with Gasteiger partial charge >= 0.3 is 0 Å². The summed E-state index contributed by atoms with van der Waals surface area (Å²) in [5, 5.41) is 3.52. The van der Waals surface area contributed by atoms with Crippen LogP contribution >= 0.6 is 11.6 Å². The van der Waals surface area contributed by atoms with Crippen molar-refractivity contribution >= 4 is 21.6 Å². The van der Waals surface area contributed by atoms with E-state index in [-0.39, 0.29) is 10.6 Å². The zero-order valence-electron chi connectivity index (χ0n) is 7.54. The first kappa shape index (κ1) is 12.3. The van der Waals surface area contributed by atoms with Crippen molar-refractivity contribution in [1.29, 1.82) is 0 Å². The molecular formula is C7H7ClF2N2O2S. The number of nitrogens with two attached hydrogens (primary N) is 1. The highest BCUT2D eigenvalue weighted by atomic mass is 35.5. The smallest absolute Gasteiger partial charge is 0.243 e. The molecule has 0 amide bonds. The van der Waals surface area contributed by atoms with Gasteiger partial charge in [-0.25, -0.2) is 27.3 Å². The summed E-state index contributed by atoms with van der Waals surface area (Å²) in [6.45, 7) is 1.44. The number of aryl methyl sites for hydroxylation is 1. The highest BCUT2D eigenvalue weighted by molar-refractivity contribution is 7.89. The first-order valence-electron chi connectivity index (χ1n) is 3.71. The van der Waals surface area contributed by atoms with Crippen molar-refractivity contribution < 1.29 is 17.2 Å². The highest BCUT2D eigenvalue weighted by Crippen LogP contribution is 2.32. The maximum atomic E-state index is 12.6. The monoisotopic (exact) mass is 256 g/mol. The average Bonchev–Trinajstić information content (AvgIpc) is 2.06. The van der Waals surface area contributed by atoms with E-state index in [1.807, 2.05) is 0 Å². The lowest BCUT2D eigenvalue weighted by atomic mass is 10.2. The molecule has 0 aromatic carbocycles. The van der Waals surface area contributed by atoms with E-state index in [9.17, 15) is 17.2 Å². The van der Waals surface area contributed by atoms with E-state index in [1.165, 1.54) is 6.92 Å². The van der Waals surface area contributed by atoms with Crippen molar-refractivity contribution in [3.05, 3.63) is 22.3 Å². The summed E-state index contributed by atoms with van der Waals surface area (Å²) in [4.78, 5) is 3.35. The Hall–Kier alpha value is -0.790. The fraction of sp³-hybridized carbons (Fsp3) is 0.286. The molecule has 1 rings (SSSR count). The van der Waals surface area contributed by atoms with Crippen LogP contribution in [0.4, 0.5) is 8.78 Å². The van der Waals surface area contributed by atoms with Gasteiger partial charge in [0.25, 0.3) is 16.4 Å². The van der Waals surface area contributed by atoms with Crippen LogP contribution < -0.4 is 5.14 Å². The van der Waals surface area contributed by atoms with Crippen LogP contribution in [0.2, 0.25) is 5.02 Å². The van der Waals surface area contributed by atoms with Crippen molar-refractivity contribution in [2.75, 3.05) is 0 Å². The molecule has 1 aromatic heterocycles. The molecule has 0 spiro atoms. The van der Waals surface area contributed by atoms with Crippen molar-refractivity contribution in [3.8, 4) is 0 Å². The van der Waals surface area contributed by atoms with Crippen LogP contribution in [0.3, 0.4) is 0 Å². The summed E-state index contributed by atoms with van der Waals surface area (Å²) >= 11 is 5.56. The van der Waals surface area contributed by atoms with Crippen LogP contribution in [0.1, 0.15) is 17.6 Å². The molecule has 0 aliphatic carbocycles. The molecule has 0 saturated heterocycles. The first-order valence-corrected chi connectivity index (χ1v) is 5.63. The molecular weight excluding hydrogens is 250 g/mol. The molecule has 4 nitrogen and oxygen atoms in total. The van der Waals surface area contributed by atoms with Crippen LogP contribution in [0.25, 0.3) is 0 Å². The fourth-order valence-corrected chi connectivity index (χ4v) is 1.98. The van der Waals surface area contributed by atoms with Gasteiger partial charge in [0, 0.05) is 6.20 Å². The van der Waals surface area contributed by atoms with Gasteiger partial charge in [0.1, 0.15) is 0 Å². The van der Waals surface area contributed by atoms with Gasteiger partial charge in [-0.05, 0) is 12.5 Å². The second-order valence-electron chi connectivity index (χ2n) is 2.82. The number of rotatable bonds is 2. The van der Waals surface area contributed by atoms with Crippen molar-refractivity contribution in [2.45, 2.75) is 18.4 Å². The lowest BCUT2D eigenvalue weighted by Crippen LogP contribution is -2.17. The first-order chi connectivity index (χ1) is 6.75. The Balaban J connectivity index is 3.62. The van der Waals surface area contributed by atoms with Crippen molar-refractivity contribution in [2.24, 2.45) is 5.14 Å². The highest BCUT2D eigenvalue weighted by Gasteiger charge is 2.26. The Morgan fingerprint density at radius 1 is 1.53 bits per heavy atom. The topological polar surface area (TPSA) is 73.0 Å². The van der Waals surface area contributed by atoms with E-state index in [4.69, 9.17) is 16.7 Å². The van der Waals surface area contributed by atoms with E-state index < -0.39 is 27.0 Å². The number of alkyl halides is 2. The van der Waals surface area contributed by atoms with E-state index in [0.29, 0.717) is 0 Å². The van der Waals surface area contributed by atoms with Gasteiger partial charge in [-0.15, -0.1) is 0 Å². The number of primary sulfonamides is 1. The Morgan fingerprint density at radius 2 is 2.07 bits per heavy atom. The number of nitrogens with zero attached hydrogens (tertiary/aromatic N) is 1. The standard InChI is InChI=1S/C7H7ClF2N2O2S/c1-3-2-12-7(15(11,13)14)4(5(3)8)6(9)10/h2,6H,1H3,(H2,11,13,14). The van der Waals surface area contributed by atoms with Gasteiger partial charge in [-0.1, -0.05) is 11.6 Å². The molecule has 15 heavy (non-hydrogen) atoms. The van der Waals surface area contributed by atoms with Crippen LogP contribution in [-0.2, 0) is 10.0 Å². The van der Waals surface area contributed by atoms with Crippen molar-refractivity contribution in [3.63, 3.8) is 0 Å². The lowest BCUT2D eigenvalue weighted by molar-refractivity contribution is 0.147. The second-order valence-corrected chi connectivity index (χ2v) is 4.67. The van der Waals surface area contributed by atoms with E-state index in [0.717, 1.165) is 6.20 Å². The SMILES string of the molecule is Cc1cnc(S(N)(=O)=O)c(C(F)F)c1Cl. The molecule has 2 N–H and O–H groups in total. The van der Waals surface area contributed by atoms with Crippen LogP contribution in [0, 0.1) is 6.92 Å². The number of pyridine rings is 1. The molecule has 1 aromatic rings. The minimum Gasteiger partial charge on any atom is -0.243 e. The summed E-state index contributed by atoms with van der Waals surface area (Å²) in [7, 11) is -4.29. The molecule has 0 aliphatic rings. The molecule has 0 unspecified atom stereocenters. The zero-order chi connectivity index (χ0) is 11.8. The minimum absolute atomic E-state index is 0.263. The number of hydrogen-bond donors (Lipinski definition) is 1. The molecule has 0 atom stereocenters. The third-order valence-electron chi connectivity index (χ3n) is 1.68. The minimum atomic E-state index is -4.29. The van der Waals surface area contributed by atoms with Gasteiger partial charge in [0.05, 0.1) is 10.6 Å². The maximum absolute atomic E-state index is 12.6. The van der Waals surface area contributed by atoms with Gasteiger partial charge in [0.2, 0.25) is 0 Å². The molecule has 0 saturated carbocycles. The number of aromatic nitrogens is 1. The van der Waals surface area contributed by atoms with E-state index in [1.54, 1.807) is 0 Å². The zero-order valence-corrected chi connectivity index (χ0v) is 9.11. The summed E-state index contributed by atoms with van der Waals surface area (Å²) in [6.07, 6.45) is -1.97. The third-order valence-corrected chi connectivity index (χ3v) is 3.04. The Kier molecular flexibility index (Phi) is 3.27. The predicted octanol–water partition coefficient (Wildman–Crippen LogP) is 1.63. The maximum Gasteiger partial charge on any atom is 0.268 e. The van der Waals surface area contributed by atoms with E-state index in [2.05, 4.69) is 4.98 Å². The third kappa shape index (κ3) is 2.42. The number of hydrogen-bond acceptors (Lipinski definition) is 3. The molecule has 1 heterocycles. The molecule has 0 bridgehead atoms. The van der Waals surface area contributed by atoms with Gasteiger partial charge in [-0.2, -0.15) is 0 Å². The normalized spacial score (nSPS) is 12.1. The molecule has 84 valence electrons. The van der Waals surface area contributed by atoms with Crippen LogP contribution in [0.5, 0.6) is 0 Å². The fourth-order valence-electron chi connectivity index (χ4n) is 1.00. The largest absolute Gasteiger partial charge is 0.268 e. The number of halogens is 3. The molecule has 0 fully saturated rings. The van der Waals surface area contributed by atoms with E-state index >= 15 is 0 Å². The lowest BCUT2D eigenvalue weighted by Gasteiger charge is -2.09. The summed E-state index contributed by atoms with van der Waals surface area (Å²) < 4.78 is 47.0. The van der Waals surface area contributed by atoms with Crippen LogP contribution in [0.15, 0.2) is 11.2 Å². The quantitative estimate of drug-likeness (QED) is 0.874. The summed E-state index contributed by atoms with van der Waals surface area (Å²) in [6, 6.07) is 0. The number of sulfonamides is 1. The summed E-state index contributed by atoms with van der Waals surface area (Å²) in [5.74, 6) is 0. The Bertz CT molecular complexity index is 490. The molecule has 0 radical (unpaired) electrons. The Labute approximate surface area is 90.1 Å².